The minimum Gasteiger partial charge on any atom is -0.504 e. The molecule has 2 rings (SSSR count). The molecule has 0 bridgehead atoms. The number of carboxylic acids is 1. The van der Waals surface area contributed by atoms with Crippen LogP contribution in [0.1, 0.15) is 22.0 Å². The SMILES string of the molecule is COc1cc([C@H](O)[C@@H](CO)Oc2ccc(C(=O)O)cc2OC)ccc1O. The van der Waals surface area contributed by atoms with Crippen molar-refractivity contribution in [2.45, 2.75) is 12.2 Å². The van der Waals surface area contributed by atoms with Gasteiger partial charge < -0.3 is 34.6 Å². The van der Waals surface area contributed by atoms with E-state index in [0.717, 1.165) is 0 Å². The van der Waals surface area contributed by atoms with Gasteiger partial charge in [0.05, 0.1) is 26.4 Å². The van der Waals surface area contributed by atoms with Crippen molar-refractivity contribution in [3.63, 3.8) is 0 Å². The fraction of sp³-hybridized carbons (Fsp3) is 0.278. The summed E-state index contributed by atoms with van der Waals surface area (Å²) in [5.74, 6) is -0.720. The van der Waals surface area contributed by atoms with E-state index in [1.165, 1.54) is 50.6 Å². The Morgan fingerprint density at radius 1 is 1.04 bits per heavy atom. The number of aliphatic hydroxyl groups excluding tert-OH is 2. The van der Waals surface area contributed by atoms with Crippen molar-refractivity contribution < 1.29 is 39.4 Å². The van der Waals surface area contributed by atoms with Crippen molar-refractivity contribution in [3.05, 3.63) is 47.5 Å². The second-order valence-electron chi connectivity index (χ2n) is 5.39. The van der Waals surface area contributed by atoms with Crippen LogP contribution in [0.2, 0.25) is 0 Å². The average molecular weight is 364 g/mol. The Balaban J connectivity index is 2.27. The minimum atomic E-state index is -1.24. The van der Waals surface area contributed by atoms with E-state index in [-0.39, 0.29) is 28.6 Å². The zero-order chi connectivity index (χ0) is 19.3. The molecular weight excluding hydrogens is 344 g/mol. The van der Waals surface area contributed by atoms with Gasteiger partial charge in [0.2, 0.25) is 0 Å². The van der Waals surface area contributed by atoms with Crippen molar-refractivity contribution in [2.24, 2.45) is 0 Å². The zero-order valence-electron chi connectivity index (χ0n) is 14.2. The van der Waals surface area contributed by atoms with E-state index in [4.69, 9.17) is 19.3 Å². The van der Waals surface area contributed by atoms with Gasteiger partial charge in [0.1, 0.15) is 6.10 Å². The Hall–Kier alpha value is -2.97. The van der Waals surface area contributed by atoms with E-state index < -0.39 is 24.8 Å². The Bertz CT molecular complexity index is 774. The second-order valence-corrected chi connectivity index (χ2v) is 5.39. The molecule has 0 amide bonds. The smallest absolute Gasteiger partial charge is 0.335 e. The van der Waals surface area contributed by atoms with Gasteiger partial charge in [-0.2, -0.15) is 0 Å². The topological polar surface area (TPSA) is 126 Å². The molecule has 0 aliphatic heterocycles. The number of carboxylic acid groups (broad SMARTS) is 1. The summed E-state index contributed by atoms with van der Waals surface area (Å²) in [4.78, 5) is 11.0. The lowest BCUT2D eigenvalue weighted by Crippen LogP contribution is -2.29. The highest BCUT2D eigenvalue weighted by Crippen LogP contribution is 2.33. The van der Waals surface area contributed by atoms with E-state index in [1.54, 1.807) is 0 Å². The van der Waals surface area contributed by atoms with Crippen molar-refractivity contribution >= 4 is 5.97 Å². The van der Waals surface area contributed by atoms with Gasteiger partial charge in [-0.25, -0.2) is 4.79 Å². The molecule has 2 aromatic rings. The van der Waals surface area contributed by atoms with Crippen LogP contribution < -0.4 is 14.2 Å². The lowest BCUT2D eigenvalue weighted by atomic mass is 10.0. The number of aromatic hydroxyl groups is 1. The quantitative estimate of drug-likeness (QED) is 0.556. The standard InChI is InChI=1S/C18H20O8/c1-24-14-7-10(3-5-12(14)20)17(21)16(9-19)26-13-6-4-11(18(22)23)8-15(13)25-2/h3-8,16-17,19-21H,9H2,1-2H3,(H,22,23)/t16-,17+/m1/s1. The van der Waals surface area contributed by atoms with Crippen LogP contribution >= 0.6 is 0 Å². The van der Waals surface area contributed by atoms with Crippen molar-refractivity contribution in [3.8, 4) is 23.0 Å². The summed E-state index contributed by atoms with van der Waals surface area (Å²) < 4.78 is 15.7. The van der Waals surface area contributed by atoms with Crippen LogP contribution in [0.3, 0.4) is 0 Å². The van der Waals surface area contributed by atoms with Crippen LogP contribution in [0.5, 0.6) is 23.0 Å². The number of aliphatic hydroxyl groups is 2. The number of phenols is 1. The highest BCUT2D eigenvalue weighted by molar-refractivity contribution is 5.88. The fourth-order valence-corrected chi connectivity index (χ4v) is 2.36. The largest absolute Gasteiger partial charge is 0.504 e. The third-order valence-electron chi connectivity index (χ3n) is 3.77. The van der Waals surface area contributed by atoms with Crippen LogP contribution in [-0.2, 0) is 0 Å². The molecule has 0 heterocycles. The molecule has 0 aliphatic rings. The van der Waals surface area contributed by atoms with Crippen molar-refractivity contribution in [1.82, 2.24) is 0 Å². The molecule has 0 spiro atoms. The highest BCUT2D eigenvalue weighted by atomic mass is 16.5. The first kappa shape index (κ1) is 19.4. The first-order valence-corrected chi connectivity index (χ1v) is 7.65. The molecule has 4 N–H and O–H groups in total. The number of methoxy groups -OCH3 is 2. The van der Waals surface area contributed by atoms with E-state index in [1.807, 2.05) is 0 Å². The number of benzene rings is 2. The number of aromatic carboxylic acids is 1. The van der Waals surface area contributed by atoms with Gasteiger partial charge in [0.15, 0.2) is 29.1 Å². The summed E-state index contributed by atoms with van der Waals surface area (Å²) in [7, 11) is 2.73. The Kier molecular flexibility index (Phi) is 6.26. The number of rotatable bonds is 8. The summed E-state index contributed by atoms with van der Waals surface area (Å²) in [6.07, 6.45) is -2.30. The third kappa shape index (κ3) is 4.16. The average Bonchev–Trinajstić information content (AvgIpc) is 2.65. The van der Waals surface area contributed by atoms with Crippen LogP contribution in [0.15, 0.2) is 36.4 Å². The minimum absolute atomic E-state index is 0.0126. The molecule has 2 aromatic carbocycles. The summed E-state index contributed by atoms with van der Waals surface area (Å²) in [5, 5.41) is 38.8. The van der Waals surface area contributed by atoms with Crippen LogP contribution in [0.4, 0.5) is 0 Å². The monoisotopic (exact) mass is 364 g/mol. The zero-order valence-corrected chi connectivity index (χ0v) is 14.2. The summed E-state index contributed by atoms with van der Waals surface area (Å²) in [6.45, 7) is -0.520. The maximum absolute atomic E-state index is 11.0. The number of hydrogen-bond acceptors (Lipinski definition) is 7. The maximum atomic E-state index is 11.0. The number of carbonyl (C=O) groups is 1. The molecule has 8 heteroatoms. The van der Waals surface area contributed by atoms with E-state index in [0.29, 0.717) is 5.56 Å². The molecule has 26 heavy (non-hydrogen) atoms. The van der Waals surface area contributed by atoms with Crippen LogP contribution in [0.25, 0.3) is 0 Å². The van der Waals surface area contributed by atoms with Gasteiger partial charge >= 0.3 is 5.97 Å². The van der Waals surface area contributed by atoms with Gasteiger partial charge in [0.25, 0.3) is 0 Å². The maximum Gasteiger partial charge on any atom is 0.335 e. The van der Waals surface area contributed by atoms with Crippen LogP contribution in [0, 0.1) is 0 Å². The van der Waals surface area contributed by atoms with Gasteiger partial charge in [-0.1, -0.05) is 6.07 Å². The van der Waals surface area contributed by atoms with Crippen molar-refractivity contribution in [2.75, 3.05) is 20.8 Å². The molecule has 0 fully saturated rings. The third-order valence-corrected chi connectivity index (χ3v) is 3.77. The lowest BCUT2D eigenvalue weighted by molar-refractivity contribution is -0.000540. The van der Waals surface area contributed by atoms with Crippen molar-refractivity contribution in [1.29, 1.82) is 0 Å². The molecule has 0 saturated carbocycles. The predicted molar refractivity (Wildman–Crippen MR) is 91.1 cm³/mol. The Labute approximate surface area is 149 Å². The van der Waals surface area contributed by atoms with Gasteiger partial charge in [-0.15, -0.1) is 0 Å². The second kappa shape index (κ2) is 8.41. The molecule has 140 valence electrons. The van der Waals surface area contributed by atoms with Gasteiger partial charge in [-0.05, 0) is 35.9 Å². The number of phenolic OH excluding ortho intramolecular Hbond substituents is 1. The molecular formula is C18H20O8. The first-order chi connectivity index (χ1) is 12.4. The number of ether oxygens (including phenoxy) is 3. The predicted octanol–water partition coefficient (Wildman–Crippen LogP) is 1.58. The van der Waals surface area contributed by atoms with E-state index in [9.17, 15) is 20.1 Å². The fourth-order valence-electron chi connectivity index (χ4n) is 2.36. The molecule has 0 saturated heterocycles. The Morgan fingerprint density at radius 3 is 2.31 bits per heavy atom. The lowest BCUT2D eigenvalue weighted by Gasteiger charge is -2.24. The Morgan fingerprint density at radius 2 is 1.73 bits per heavy atom. The molecule has 0 unspecified atom stereocenters. The van der Waals surface area contributed by atoms with E-state index in [2.05, 4.69) is 0 Å². The molecule has 8 nitrogen and oxygen atoms in total. The van der Waals surface area contributed by atoms with Gasteiger partial charge in [0, 0.05) is 0 Å². The highest BCUT2D eigenvalue weighted by Gasteiger charge is 2.25. The van der Waals surface area contributed by atoms with Gasteiger partial charge in [-0.3, -0.25) is 0 Å². The molecule has 2 atom stereocenters. The van der Waals surface area contributed by atoms with E-state index >= 15 is 0 Å². The summed E-state index contributed by atoms with van der Waals surface area (Å²) in [6, 6.07) is 8.24. The normalized spacial score (nSPS) is 12.9. The summed E-state index contributed by atoms with van der Waals surface area (Å²) in [5.41, 5.74) is 0.374. The molecule has 0 aliphatic carbocycles. The molecule has 0 aromatic heterocycles. The number of hydrogen-bond donors (Lipinski definition) is 4. The van der Waals surface area contributed by atoms with Crippen LogP contribution in [-0.4, -0.2) is 53.3 Å². The first-order valence-electron chi connectivity index (χ1n) is 7.65. The summed E-state index contributed by atoms with van der Waals surface area (Å²) >= 11 is 0. The molecule has 0 radical (unpaired) electrons.